The summed E-state index contributed by atoms with van der Waals surface area (Å²) in [6.07, 6.45) is 42.9. The number of hydrogen-bond donors (Lipinski definition) is 0. The maximum atomic E-state index is 12.0. The summed E-state index contributed by atoms with van der Waals surface area (Å²) < 4.78 is 5.33. The summed E-state index contributed by atoms with van der Waals surface area (Å²) in [5.74, 6) is -0.203. The first-order valence-corrected chi connectivity index (χ1v) is 15.1. The molecule has 0 fully saturated rings. The molecule has 0 aromatic carbocycles. The third-order valence-electron chi connectivity index (χ3n) is 6.87. The van der Waals surface area contributed by atoms with Gasteiger partial charge >= 0.3 is 5.97 Å². The van der Waals surface area contributed by atoms with Crippen LogP contribution in [0.2, 0.25) is 0 Å². The predicted octanol–water partition coefficient (Wildman–Crippen LogP) is 11.2. The lowest BCUT2D eigenvalue weighted by Gasteiger charge is -2.32. The fraction of sp³-hybridized carbons (Fsp3) is 0.447. The molecule has 0 N–H and O–H groups in total. The van der Waals surface area contributed by atoms with Crippen molar-refractivity contribution in [3.63, 3.8) is 0 Å². The highest BCUT2D eigenvalue weighted by Gasteiger charge is 2.26. The van der Waals surface area contributed by atoms with E-state index < -0.39 is 0 Å². The highest BCUT2D eigenvalue weighted by Crippen LogP contribution is 2.40. The topological polar surface area (TPSA) is 26.3 Å². The summed E-state index contributed by atoms with van der Waals surface area (Å²) in [6, 6.07) is 0. The molecule has 1 rings (SSSR count). The van der Waals surface area contributed by atoms with Crippen LogP contribution in [0.25, 0.3) is 0 Å². The second-order valence-corrected chi connectivity index (χ2v) is 11.1. The molecule has 0 amide bonds. The molecule has 1 aliphatic carbocycles. The summed E-state index contributed by atoms with van der Waals surface area (Å²) in [5, 5.41) is 0. The van der Waals surface area contributed by atoms with Crippen molar-refractivity contribution in [1.82, 2.24) is 0 Å². The number of esters is 1. The van der Waals surface area contributed by atoms with Gasteiger partial charge in [-0.3, -0.25) is 4.79 Å². The largest absolute Gasteiger partial charge is 0.461 e. The van der Waals surface area contributed by atoms with Gasteiger partial charge in [0.1, 0.15) is 6.61 Å². The molecule has 0 saturated heterocycles. The highest BCUT2D eigenvalue weighted by molar-refractivity contribution is 5.71. The molecule has 0 saturated carbocycles. The van der Waals surface area contributed by atoms with Gasteiger partial charge in [0.2, 0.25) is 0 Å². The highest BCUT2D eigenvalue weighted by atomic mass is 16.5. The Morgan fingerprint density at radius 3 is 1.98 bits per heavy atom. The first kappa shape index (κ1) is 34.9. The van der Waals surface area contributed by atoms with E-state index in [0.29, 0.717) is 13.0 Å². The van der Waals surface area contributed by atoms with E-state index >= 15 is 0 Å². The summed E-state index contributed by atoms with van der Waals surface area (Å²) in [4.78, 5) is 12.0. The summed E-state index contributed by atoms with van der Waals surface area (Å²) in [5.41, 5.74) is 5.56. The van der Waals surface area contributed by atoms with Crippen LogP contribution in [-0.2, 0) is 9.53 Å². The molecule has 2 nitrogen and oxygen atoms in total. The third kappa shape index (κ3) is 17.5. The van der Waals surface area contributed by atoms with Crippen LogP contribution in [0.15, 0.2) is 120 Å². The Hall–Kier alpha value is -3.13. The first-order chi connectivity index (χ1) is 19.3. The van der Waals surface area contributed by atoms with E-state index in [9.17, 15) is 4.79 Å². The number of ether oxygens (including phenoxy) is 1. The van der Waals surface area contributed by atoms with Crippen LogP contribution in [0.3, 0.4) is 0 Å². The predicted molar refractivity (Wildman–Crippen MR) is 176 cm³/mol. The lowest BCUT2D eigenvalue weighted by atomic mass is 9.72. The molecule has 0 radical (unpaired) electrons. The molecule has 218 valence electrons. The summed E-state index contributed by atoms with van der Waals surface area (Å²) >= 11 is 0. The molecule has 0 bridgehead atoms. The van der Waals surface area contributed by atoms with Gasteiger partial charge in [0.15, 0.2) is 0 Å². The zero-order valence-electron chi connectivity index (χ0n) is 26.1. The van der Waals surface area contributed by atoms with E-state index in [0.717, 1.165) is 37.7 Å². The molecule has 40 heavy (non-hydrogen) atoms. The summed E-state index contributed by atoms with van der Waals surface area (Å²) in [6.45, 7) is 13.6. The number of allylic oxidation sites excluding steroid dienone is 18. The SMILES string of the molecule is CC/C=C\C/C=C\C/C=C\C/C=C\C/C=C\CC(=O)OC/C=C(C)/C=C/C=C(C)/C=C/C1=C(C)CCCC1(C)C. The molecule has 0 aliphatic heterocycles. The van der Waals surface area contributed by atoms with Gasteiger partial charge in [-0.2, -0.15) is 0 Å². The van der Waals surface area contributed by atoms with Gasteiger partial charge < -0.3 is 4.74 Å². The lowest BCUT2D eigenvalue weighted by molar-refractivity contribution is -0.141. The Kier molecular flexibility index (Phi) is 18.9. The minimum Gasteiger partial charge on any atom is -0.461 e. The second kappa shape index (κ2) is 21.7. The smallest absolute Gasteiger partial charge is 0.309 e. The minimum atomic E-state index is -0.203. The molecule has 0 aromatic heterocycles. The van der Waals surface area contributed by atoms with Crippen LogP contribution in [0, 0.1) is 5.41 Å². The second-order valence-electron chi connectivity index (χ2n) is 11.1. The van der Waals surface area contributed by atoms with Crippen molar-refractivity contribution in [3.05, 3.63) is 120 Å². The molecule has 0 spiro atoms. The van der Waals surface area contributed by atoms with Gasteiger partial charge in [0, 0.05) is 0 Å². The van der Waals surface area contributed by atoms with Gasteiger partial charge in [-0.25, -0.2) is 0 Å². The van der Waals surface area contributed by atoms with E-state index in [1.165, 1.54) is 36.0 Å². The van der Waals surface area contributed by atoms with Crippen LogP contribution >= 0.6 is 0 Å². The Labute approximate surface area is 246 Å². The number of hydrogen-bond acceptors (Lipinski definition) is 2. The molecule has 0 atom stereocenters. The number of carbonyl (C=O) groups excluding carboxylic acids is 1. The van der Waals surface area contributed by atoms with E-state index in [4.69, 9.17) is 4.74 Å². The van der Waals surface area contributed by atoms with Crippen molar-refractivity contribution in [3.8, 4) is 0 Å². The van der Waals surface area contributed by atoms with E-state index in [2.05, 4.69) is 108 Å². The number of carbonyl (C=O) groups is 1. The normalized spacial score (nSPS) is 17.4. The molecular weight excluding hydrogens is 488 g/mol. The first-order valence-electron chi connectivity index (χ1n) is 15.1. The van der Waals surface area contributed by atoms with Gasteiger partial charge in [-0.1, -0.05) is 129 Å². The zero-order valence-corrected chi connectivity index (χ0v) is 26.1. The van der Waals surface area contributed by atoms with Gasteiger partial charge in [0.25, 0.3) is 0 Å². The van der Waals surface area contributed by atoms with Crippen molar-refractivity contribution < 1.29 is 9.53 Å². The van der Waals surface area contributed by atoms with Crippen LogP contribution in [0.5, 0.6) is 0 Å². The third-order valence-corrected chi connectivity index (χ3v) is 6.87. The van der Waals surface area contributed by atoms with Crippen molar-refractivity contribution in [1.29, 1.82) is 0 Å². The maximum absolute atomic E-state index is 12.0. The Morgan fingerprint density at radius 1 is 0.825 bits per heavy atom. The summed E-state index contributed by atoms with van der Waals surface area (Å²) in [7, 11) is 0. The fourth-order valence-electron chi connectivity index (χ4n) is 4.46. The Bertz CT molecular complexity index is 1050. The van der Waals surface area contributed by atoms with Crippen LogP contribution in [0.1, 0.15) is 99.3 Å². The lowest BCUT2D eigenvalue weighted by Crippen LogP contribution is -2.19. The average molecular weight is 543 g/mol. The van der Waals surface area contributed by atoms with Gasteiger partial charge in [-0.15, -0.1) is 0 Å². The molecule has 0 unspecified atom stereocenters. The molecular formula is C38H54O2. The standard InChI is InChI=1S/C38H54O2/c1-7-8-9-10-11-12-13-14-15-16-17-18-19-20-21-27-37(39)40-32-30-34(3)25-22-24-33(2)28-29-36-35(4)26-23-31-38(36,5)6/h8-9,11-12,14-15,17-18,20-22,24-25,28-30H,7,10,13,16,19,23,26-27,31-32H2,1-6H3/b9-8-,12-11-,15-14-,18-17-,21-20-,25-22+,29-28+,33-24+,34-30+. The quantitative estimate of drug-likeness (QED) is 0.104. The maximum Gasteiger partial charge on any atom is 0.309 e. The van der Waals surface area contributed by atoms with Crippen LogP contribution in [-0.4, -0.2) is 12.6 Å². The van der Waals surface area contributed by atoms with E-state index in [1.54, 1.807) is 0 Å². The molecule has 1 aliphatic rings. The van der Waals surface area contributed by atoms with E-state index in [1.807, 2.05) is 31.2 Å². The molecule has 0 aromatic rings. The van der Waals surface area contributed by atoms with Crippen molar-refractivity contribution >= 4 is 5.97 Å². The van der Waals surface area contributed by atoms with Crippen molar-refractivity contribution in [2.24, 2.45) is 5.41 Å². The Morgan fingerprint density at radius 2 is 1.40 bits per heavy atom. The Balaban J connectivity index is 2.25. The molecule has 2 heteroatoms. The van der Waals surface area contributed by atoms with E-state index in [-0.39, 0.29) is 11.4 Å². The van der Waals surface area contributed by atoms with Crippen molar-refractivity contribution in [2.45, 2.75) is 99.3 Å². The monoisotopic (exact) mass is 542 g/mol. The zero-order chi connectivity index (χ0) is 29.5. The van der Waals surface area contributed by atoms with Gasteiger partial charge in [-0.05, 0) is 89.2 Å². The fourth-order valence-corrected chi connectivity index (χ4v) is 4.46. The van der Waals surface area contributed by atoms with Crippen LogP contribution in [0.4, 0.5) is 0 Å². The van der Waals surface area contributed by atoms with Crippen molar-refractivity contribution in [2.75, 3.05) is 6.61 Å². The minimum absolute atomic E-state index is 0.203. The number of rotatable bonds is 17. The average Bonchev–Trinajstić information content (AvgIpc) is 2.90. The van der Waals surface area contributed by atoms with Gasteiger partial charge in [0.05, 0.1) is 6.42 Å². The molecule has 0 heterocycles. The van der Waals surface area contributed by atoms with Crippen LogP contribution < -0.4 is 0 Å².